The molecule has 0 saturated carbocycles. The van der Waals surface area contributed by atoms with E-state index in [1.165, 1.54) is 0 Å². The highest BCUT2D eigenvalue weighted by Gasteiger charge is 2.26. The standard InChI is InChI=1S/C26H24N2O3.C24H18BrClN2O3/c1-17-9-6-7-12-20(17)24(28-23(29)16-31-19-10-4-3-5-11-19)22-15-18(2)21-13-8-14-27-25(21)26(22)30;25-19-13-18(24(30)23-16(19)10-6-12-27-23)22(17-9-4-5-11-20(17)26)28-21(29)14-31-15-7-2-1-3-8-15/h3-15,24,30H,16H2,1-2H3,(H,28,29);1-13,22,30H,14H2,(H,28,29). The normalized spacial score (nSPS) is 11.8. The summed E-state index contributed by atoms with van der Waals surface area (Å²) in [5.74, 6) is 0.624. The molecular formula is C50H42BrClN4O6. The van der Waals surface area contributed by atoms with Gasteiger partial charge in [0.15, 0.2) is 13.2 Å². The number of hydrogen-bond donors (Lipinski definition) is 4. The summed E-state index contributed by atoms with van der Waals surface area (Å²) in [5.41, 5.74) is 5.56. The molecule has 2 amide bonds. The maximum atomic E-state index is 12.8. The largest absolute Gasteiger partial charge is 0.505 e. The van der Waals surface area contributed by atoms with Gasteiger partial charge in [0.05, 0.1) is 12.1 Å². The van der Waals surface area contributed by atoms with Gasteiger partial charge in [0.1, 0.15) is 34.0 Å². The van der Waals surface area contributed by atoms with Crippen LogP contribution in [-0.4, -0.2) is 45.2 Å². The molecule has 0 aliphatic heterocycles. The third kappa shape index (κ3) is 10.1. The van der Waals surface area contributed by atoms with Gasteiger partial charge < -0.3 is 30.3 Å². The number of fused-ring (bicyclic) bond motifs is 2. The Morgan fingerprint density at radius 1 is 0.581 bits per heavy atom. The molecule has 10 nitrogen and oxygen atoms in total. The van der Waals surface area contributed by atoms with Crippen molar-refractivity contribution in [1.29, 1.82) is 0 Å². The molecule has 312 valence electrons. The Bertz CT molecular complexity index is 2650. The summed E-state index contributed by atoms with van der Waals surface area (Å²) in [6, 6.07) is 43.1. The Hall–Kier alpha value is -6.95. The Balaban J connectivity index is 0.000000186. The van der Waals surface area contributed by atoms with Gasteiger partial charge in [0.2, 0.25) is 0 Å². The molecular weight excluding hydrogens is 868 g/mol. The highest BCUT2D eigenvalue weighted by molar-refractivity contribution is 9.10. The topological polar surface area (TPSA) is 143 Å². The number of rotatable bonds is 12. The van der Waals surface area contributed by atoms with Crippen molar-refractivity contribution >= 4 is 61.2 Å². The van der Waals surface area contributed by atoms with Crippen LogP contribution in [0.3, 0.4) is 0 Å². The molecule has 12 heteroatoms. The number of aromatic hydroxyl groups is 2. The lowest BCUT2D eigenvalue weighted by molar-refractivity contribution is -0.124. The van der Waals surface area contributed by atoms with E-state index in [2.05, 4.69) is 36.5 Å². The molecule has 0 radical (unpaired) electrons. The molecule has 62 heavy (non-hydrogen) atoms. The third-order valence-corrected chi connectivity index (χ3v) is 11.1. The molecule has 0 bridgehead atoms. The zero-order valence-electron chi connectivity index (χ0n) is 33.8. The number of pyridine rings is 2. The molecule has 0 aliphatic carbocycles. The van der Waals surface area contributed by atoms with Crippen LogP contribution < -0.4 is 20.1 Å². The number of nitrogens with zero attached hydrogens (tertiary/aromatic N) is 2. The Morgan fingerprint density at radius 2 is 1.05 bits per heavy atom. The van der Waals surface area contributed by atoms with E-state index in [0.29, 0.717) is 44.2 Å². The van der Waals surface area contributed by atoms with Gasteiger partial charge in [-0.1, -0.05) is 119 Å². The van der Waals surface area contributed by atoms with E-state index in [1.54, 1.807) is 67.0 Å². The van der Waals surface area contributed by atoms with Crippen LogP contribution in [0.5, 0.6) is 23.0 Å². The number of carbonyl (C=O) groups is 2. The van der Waals surface area contributed by atoms with E-state index in [4.69, 9.17) is 21.1 Å². The van der Waals surface area contributed by atoms with Crippen LogP contribution >= 0.6 is 27.5 Å². The van der Waals surface area contributed by atoms with Crippen molar-refractivity contribution in [2.75, 3.05) is 13.2 Å². The second-order valence-corrected chi connectivity index (χ2v) is 15.6. The Morgan fingerprint density at radius 3 is 1.61 bits per heavy atom. The van der Waals surface area contributed by atoms with Crippen LogP contribution in [0.15, 0.2) is 162 Å². The van der Waals surface area contributed by atoms with Gasteiger partial charge in [-0.25, -0.2) is 0 Å². The first kappa shape index (κ1) is 43.1. The predicted molar refractivity (Wildman–Crippen MR) is 246 cm³/mol. The molecule has 8 aromatic rings. The van der Waals surface area contributed by atoms with Crippen molar-refractivity contribution in [3.63, 3.8) is 0 Å². The average molecular weight is 910 g/mol. The predicted octanol–water partition coefficient (Wildman–Crippen LogP) is 10.5. The zero-order valence-corrected chi connectivity index (χ0v) is 36.1. The van der Waals surface area contributed by atoms with Crippen molar-refractivity contribution < 1.29 is 29.3 Å². The molecule has 6 aromatic carbocycles. The fraction of sp³-hybridized carbons (Fsp3) is 0.120. The van der Waals surface area contributed by atoms with Crippen LogP contribution in [0.25, 0.3) is 21.8 Å². The maximum Gasteiger partial charge on any atom is 0.258 e. The summed E-state index contributed by atoms with van der Waals surface area (Å²) in [7, 11) is 0. The van der Waals surface area contributed by atoms with E-state index in [-0.39, 0.29) is 36.5 Å². The summed E-state index contributed by atoms with van der Waals surface area (Å²) in [4.78, 5) is 34.2. The lowest BCUT2D eigenvalue weighted by atomic mass is 9.91. The molecule has 2 heterocycles. The number of phenols is 2. The Labute approximate surface area is 372 Å². The van der Waals surface area contributed by atoms with Gasteiger partial charge in [-0.05, 0) is 90.7 Å². The number of aryl methyl sites for hydroxylation is 2. The number of para-hydroxylation sites is 2. The summed E-state index contributed by atoms with van der Waals surface area (Å²) in [5, 5.41) is 30.2. The minimum absolute atomic E-state index is 0.0204. The third-order valence-electron chi connectivity index (χ3n) is 10.1. The number of phenolic OH excluding ortho intramolecular Hbond substituents is 2. The molecule has 8 rings (SSSR count). The molecule has 0 spiro atoms. The molecule has 4 N–H and O–H groups in total. The molecule has 2 unspecified atom stereocenters. The number of halogens is 2. The number of nitrogens with one attached hydrogen (secondary N) is 2. The van der Waals surface area contributed by atoms with Crippen LogP contribution in [0.2, 0.25) is 5.02 Å². The van der Waals surface area contributed by atoms with Gasteiger partial charge in [-0.2, -0.15) is 0 Å². The van der Waals surface area contributed by atoms with E-state index >= 15 is 0 Å². The molecule has 0 aliphatic rings. The highest BCUT2D eigenvalue weighted by Crippen LogP contribution is 2.40. The minimum atomic E-state index is -0.705. The number of ether oxygens (including phenoxy) is 2. The first-order chi connectivity index (χ1) is 30.1. The number of carbonyl (C=O) groups excluding carboxylic acids is 2. The van der Waals surface area contributed by atoms with Crippen LogP contribution in [0, 0.1) is 13.8 Å². The monoisotopic (exact) mass is 908 g/mol. The van der Waals surface area contributed by atoms with Crippen molar-refractivity contribution in [1.82, 2.24) is 20.6 Å². The van der Waals surface area contributed by atoms with Crippen LogP contribution in [0.1, 0.15) is 45.5 Å². The fourth-order valence-electron chi connectivity index (χ4n) is 7.08. The van der Waals surface area contributed by atoms with Gasteiger partial charge in [-0.3, -0.25) is 19.6 Å². The first-order valence-corrected chi connectivity index (χ1v) is 20.8. The van der Waals surface area contributed by atoms with E-state index in [1.807, 2.05) is 105 Å². The lowest BCUT2D eigenvalue weighted by Gasteiger charge is -2.23. The molecule has 0 fully saturated rings. The van der Waals surface area contributed by atoms with Gasteiger partial charge in [0.25, 0.3) is 11.8 Å². The van der Waals surface area contributed by atoms with Crippen molar-refractivity contribution in [3.8, 4) is 23.0 Å². The smallest absolute Gasteiger partial charge is 0.258 e. The molecule has 2 atom stereocenters. The minimum Gasteiger partial charge on any atom is -0.505 e. The van der Waals surface area contributed by atoms with E-state index in [0.717, 1.165) is 31.9 Å². The summed E-state index contributed by atoms with van der Waals surface area (Å²) >= 11 is 9.99. The van der Waals surface area contributed by atoms with Crippen LogP contribution in [0.4, 0.5) is 0 Å². The summed E-state index contributed by atoms with van der Waals surface area (Å²) < 4.78 is 11.9. The maximum absolute atomic E-state index is 12.8. The fourth-order valence-corrected chi connectivity index (χ4v) is 7.89. The number of aromatic nitrogens is 2. The average Bonchev–Trinajstić information content (AvgIpc) is 3.30. The van der Waals surface area contributed by atoms with Gasteiger partial charge in [0, 0.05) is 43.8 Å². The molecule has 0 saturated heterocycles. The van der Waals surface area contributed by atoms with Crippen molar-refractivity contribution in [2.45, 2.75) is 25.9 Å². The number of benzene rings is 6. The first-order valence-electron chi connectivity index (χ1n) is 19.7. The summed E-state index contributed by atoms with van der Waals surface area (Å²) in [6.07, 6.45) is 3.26. The van der Waals surface area contributed by atoms with E-state index < -0.39 is 12.1 Å². The summed E-state index contributed by atoms with van der Waals surface area (Å²) in [6.45, 7) is 3.65. The molecule has 2 aromatic heterocycles. The SMILES string of the molecule is Cc1ccccc1C(NC(=O)COc1ccccc1)c1cc(C)c2cccnc2c1O.O=C(COc1ccccc1)NC(c1ccccc1Cl)c1cc(Br)c2cccnc2c1O. The number of amides is 2. The second-order valence-electron chi connectivity index (χ2n) is 14.3. The van der Waals surface area contributed by atoms with Crippen molar-refractivity contribution in [2.24, 2.45) is 0 Å². The van der Waals surface area contributed by atoms with E-state index in [9.17, 15) is 19.8 Å². The highest BCUT2D eigenvalue weighted by atomic mass is 79.9. The van der Waals surface area contributed by atoms with Crippen LogP contribution in [-0.2, 0) is 9.59 Å². The van der Waals surface area contributed by atoms with Gasteiger partial charge in [-0.15, -0.1) is 0 Å². The zero-order chi connectivity index (χ0) is 43.6. The van der Waals surface area contributed by atoms with Crippen molar-refractivity contribution in [3.05, 3.63) is 201 Å². The number of hydrogen-bond acceptors (Lipinski definition) is 8. The Kier molecular flexibility index (Phi) is 14.0. The van der Waals surface area contributed by atoms with Gasteiger partial charge >= 0.3 is 0 Å². The second kappa shape index (κ2) is 20.1. The lowest BCUT2D eigenvalue weighted by Crippen LogP contribution is -2.33. The quantitative estimate of drug-likeness (QED) is 0.0949.